The molecular formula is C12H15ClN2O2. The molecule has 17 heavy (non-hydrogen) atoms. The van der Waals surface area contributed by atoms with Crippen LogP contribution < -0.4 is 10.5 Å². The van der Waals surface area contributed by atoms with Crippen LogP contribution in [0.1, 0.15) is 13.3 Å². The third-order valence-electron chi connectivity index (χ3n) is 2.49. The van der Waals surface area contributed by atoms with Crippen molar-refractivity contribution in [1.29, 1.82) is 0 Å². The van der Waals surface area contributed by atoms with Crippen LogP contribution in [0.3, 0.4) is 0 Å². The number of aliphatic imine (C=N–C) groups is 1. The molecule has 2 atom stereocenters. The van der Waals surface area contributed by atoms with Crippen molar-refractivity contribution in [3.8, 4) is 5.75 Å². The van der Waals surface area contributed by atoms with E-state index in [1.807, 2.05) is 19.1 Å². The maximum atomic E-state index is 5.80. The Bertz CT molecular complexity index is 405. The number of benzene rings is 1. The molecule has 0 fully saturated rings. The van der Waals surface area contributed by atoms with Crippen LogP contribution in [0.4, 0.5) is 0 Å². The molecule has 1 heterocycles. The number of rotatable bonds is 4. The Morgan fingerprint density at radius 1 is 1.53 bits per heavy atom. The van der Waals surface area contributed by atoms with E-state index in [0.29, 0.717) is 11.6 Å². The van der Waals surface area contributed by atoms with E-state index in [-0.39, 0.29) is 18.2 Å². The summed E-state index contributed by atoms with van der Waals surface area (Å²) < 4.78 is 10.8. The van der Waals surface area contributed by atoms with Crippen molar-refractivity contribution in [2.24, 2.45) is 10.7 Å². The topological polar surface area (TPSA) is 56.8 Å². The fraction of sp³-hybridized carbons (Fsp3) is 0.417. The predicted molar refractivity (Wildman–Crippen MR) is 67.5 cm³/mol. The van der Waals surface area contributed by atoms with Crippen LogP contribution >= 0.6 is 11.6 Å². The van der Waals surface area contributed by atoms with E-state index in [1.54, 1.807) is 12.1 Å². The third-order valence-corrected chi connectivity index (χ3v) is 2.74. The van der Waals surface area contributed by atoms with Crippen molar-refractivity contribution in [2.75, 3.05) is 6.61 Å². The SMILES string of the molecule is C[C@H](C[C@H]1COC(N)=N1)Oc1ccc(Cl)cc1. The van der Waals surface area contributed by atoms with Gasteiger partial charge in [0.2, 0.25) is 0 Å². The Balaban J connectivity index is 1.85. The molecule has 1 aromatic rings. The van der Waals surface area contributed by atoms with Gasteiger partial charge in [0.05, 0.1) is 12.1 Å². The van der Waals surface area contributed by atoms with Crippen molar-refractivity contribution in [3.05, 3.63) is 29.3 Å². The fourth-order valence-corrected chi connectivity index (χ4v) is 1.86. The molecule has 0 bridgehead atoms. The molecule has 0 aromatic heterocycles. The zero-order chi connectivity index (χ0) is 12.3. The van der Waals surface area contributed by atoms with Crippen LogP contribution in [0.5, 0.6) is 5.75 Å². The van der Waals surface area contributed by atoms with E-state index in [2.05, 4.69) is 4.99 Å². The summed E-state index contributed by atoms with van der Waals surface area (Å²) in [5.74, 6) is 0.803. The molecule has 1 aromatic carbocycles. The first kappa shape index (κ1) is 12.0. The van der Waals surface area contributed by atoms with E-state index in [0.717, 1.165) is 12.2 Å². The molecule has 92 valence electrons. The zero-order valence-corrected chi connectivity index (χ0v) is 10.4. The number of nitrogens with zero attached hydrogens (tertiary/aromatic N) is 1. The van der Waals surface area contributed by atoms with Crippen LogP contribution in [0.15, 0.2) is 29.3 Å². The van der Waals surface area contributed by atoms with E-state index in [1.165, 1.54) is 0 Å². The number of hydrogen-bond donors (Lipinski definition) is 1. The number of ether oxygens (including phenoxy) is 2. The minimum atomic E-state index is 0.0550. The van der Waals surface area contributed by atoms with Crippen LogP contribution in [-0.4, -0.2) is 24.8 Å². The van der Waals surface area contributed by atoms with Crippen molar-refractivity contribution in [2.45, 2.75) is 25.5 Å². The van der Waals surface area contributed by atoms with Gasteiger partial charge in [0.25, 0.3) is 6.02 Å². The summed E-state index contributed by atoms with van der Waals surface area (Å²) in [6.45, 7) is 2.54. The second-order valence-electron chi connectivity index (χ2n) is 4.05. The average Bonchev–Trinajstić information content (AvgIpc) is 2.67. The lowest BCUT2D eigenvalue weighted by molar-refractivity contribution is 0.189. The molecule has 0 amide bonds. The van der Waals surface area contributed by atoms with E-state index >= 15 is 0 Å². The minimum absolute atomic E-state index is 0.0550. The molecule has 0 aliphatic carbocycles. The molecule has 0 saturated heterocycles. The third kappa shape index (κ3) is 3.53. The lowest BCUT2D eigenvalue weighted by Crippen LogP contribution is -2.20. The highest BCUT2D eigenvalue weighted by Crippen LogP contribution is 2.19. The number of halogens is 1. The van der Waals surface area contributed by atoms with Gasteiger partial charge in [-0.05, 0) is 31.2 Å². The Hall–Kier alpha value is -1.42. The van der Waals surface area contributed by atoms with Gasteiger partial charge in [0.1, 0.15) is 12.4 Å². The van der Waals surface area contributed by atoms with Gasteiger partial charge < -0.3 is 15.2 Å². The van der Waals surface area contributed by atoms with Crippen LogP contribution in [0, 0.1) is 0 Å². The summed E-state index contributed by atoms with van der Waals surface area (Å²) in [4.78, 5) is 4.16. The molecule has 5 heteroatoms. The Morgan fingerprint density at radius 2 is 2.24 bits per heavy atom. The fourth-order valence-electron chi connectivity index (χ4n) is 1.73. The molecule has 1 aliphatic heterocycles. The van der Waals surface area contributed by atoms with Crippen LogP contribution in [0.25, 0.3) is 0 Å². The molecule has 2 rings (SSSR count). The van der Waals surface area contributed by atoms with Crippen molar-refractivity contribution < 1.29 is 9.47 Å². The lowest BCUT2D eigenvalue weighted by atomic mass is 10.1. The molecular weight excluding hydrogens is 240 g/mol. The quantitative estimate of drug-likeness (QED) is 0.896. The maximum Gasteiger partial charge on any atom is 0.282 e. The summed E-state index contributed by atoms with van der Waals surface area (Å²) in [6, 6.07) is 7.67. The first-order chi connectivity index (χ1) is 8.13. The van der Waals surface area contributed by atoms with Crippen LogP contribution in [-0.2, 0) is 4.74 Å². The predicted octanol–water partition coefficient (Wildman–Crippen LogP) is 2.21. The molecule has 0 saturated carbocycles. The first-order valence-electron chi connectivity index (χ1n) is 5.52. The number of hydrogen-bond acceptors (Lipinski definition) is 4. The Labute approximate surface area is 105 Å². The van der Waals surface area contributed by atoms with Crippen molar-refractivity contribution >= 4 is 17.6 Å². The Kier molecular flexibility index (Phi) is 3.74. The first-order valence-corrected chi connectivity index (χ1v) is 5.89. The Morgan fingerprint density at radius 3 is 2.82 bits per heavy atom. The average molecular weight is 255 g/mol. The van der Waals surface area contributed by atoms with Gasteiger partial charge in [0, 0.05) is 11.4 Å². The largest absolute Gasteiger partial charge is 0.491 e. The van der Waals surface area contributed by atoms with Gasteiger partial charge in [-0.1, -0.05) is 11.6 Å². The second-order valence-corrected chi connectivity index (χ2v) is 4.49. The molecule has 4 nitrogen and oxygen atoms in total. The van der Waals surface area contributed by atoms with Crippen molar-refractivity contribution in [3.63, 3.8) is 0 Å². The monoisotopic (exact) mass is 254 g/mol. The molecule has 1 aliphatic rings. The summed E-state index contributed by atoms with van der Waals surface area (Å²) >= 11 is 5.80. The highest BCUT2D eigenvalue weighted by molar-refractivity contribution is 6.30. The van der Waals surface area contributed by atoms with Gasteiger partial charge >= 0.3 is 0 Å². The summed E-state index contributed by atoms with van der Waals surface area (Å²) in [5, 5.41) is 0.701. The molecule has 0 radical (unpaired) electrons. The summed E-state index contributed by atoms with van der Waals surface area (Å²) in [5.41, 5.74) is 5.44. The zero-order valence-electron chi connectivity index (χ0n) is 9.60. The van der Waals surface area contributed by atoms with Gasteiger partial charge in [-0.15, -0.1) is 0 Å². The maximum absolute atomic E-state index is 5.80. The summed E-state index contributed by atoms with van der Waals surface area (Å²) in [6.07, 6.45) is 0.836. The highest BCUT2D eigenvalue weighted by atomic mass is 35.5. The lowest BCUT2D eigenvalue weighted by Gasteiger charge is -2.16. The highest BCUT2D eigenvalue weighted by Gasteiger charge is 2.20. The molecule has 0 spiro atoms. The van der Waals surface area contributed by atoms with Gasteiger partial charge in [-0.25, -0.2) is 4.99 Å². The smallest absolute Gasteiger partial charge is 0.282 e. The molecule has 0 unspecified atom stereocenters. The van der Waals surface area contributed by atoms with Gasteiger partial charge in [-0.2, -0.15) is 0 Å². The van der Waals surface area contributed by atoms with Gasteiger partial charge in [-0.3, -0.25) is 0 Å². The summed E-state index contributed by atoms with van der Waals surface area (Å²) in [7, 11) is 0. The van der Waals surface area contributed by atoms with Gasteiger partial charge in [0.15, 0.2) is 0 Å². The standard InChI is InChI=1S/C12H15ClN2O2/c1-8(6-10-7-16-12(14)15-10)17-11-4-2-9(13)3-5-11/h2-5,8,10H,6-7H2,1H3,(H2,14,15)/t8-,10+/m1/s1. The normalized spacial score (nSPS) is 20.6. The second kappa shape index (κ2) is 5.27. The van der Waals surface area contributed by atoms with E-state index in [9.17, 15) is 0 Å². The van der Waals surface area contributed by atoms with E-state index < -0.39 is 0 Å². The minimum Gasteiger partial charge on any atom is -0.491 e. The van der Waals surface area contributed by atoms with Crippen molar-refractivity contribution in [1.82, 2.24) is 0 Å². The number of nitrogens with two attached hydrogens (primary N) is 1. The number of amidine groups is 1. The van der Waals surface area contributed by atoms with E-state index in [4.69, 9.17) is 26.8 Å². The van der Waals surface area contributed by atoms with Crippen LogP contribution in [0.2, 0.25) is 5.02 Å². The molecule has 2 N–H and O–H groups in total.